The van der Waals surface area contributed by atoms with Gasteiger partial charge in [0.25, 0.3) is 0 Å². The van der Waals surface area contributed by atoms with Crippen molar-refractivity contribution in [2.24, 2.45) is 5.92 Å². The standard InChI is InChI=1S/C18H18O2S/c1-3-20-18(19)12(2)17-13-8-4-6-10-15(13)21-16-11-7-5-9-14(16)17/h4-12,17H,3H2,1-2H3. The quantitative estimate of drug-likeness (QED) is 0.781. The van der Waals surface area contributed by atoms with Crippen LogP contribution in [-0.2, 0) is 9.53 Å². The third-order valence-corrected chi connectivity index (χ3v) is 5.07. The van der Waals surface area contributed by atoms with Crippen molar-refractivity contribution in [3.05, 3.63) is 59.7 Å². The Morgan fingerprint density at radius 2 is 1.62 bits per heavy atom. The number of carbonyl (C=O) groups is 1. The van der Waals surface area contributed by atoms with Gasteiger partial charge in [0.1, 0.15) is 0 Å². The van der Waals surface area contributed by atoms with Crippen LogP contribution in [0.1, 0.15) is 30.9 Å². The van der Waals surface area contributed by atoms with Crippen LogP contribution < -0.4 is 0 Å². The molecule has 0 saturated heterocycles. The zero-order valence-corrected chi connectivity index (χ0v) is 13.0. The van der Waals surface area contributed by atoms with Crippen LogP contribution >= 0.6 is 11.8 Å². The van der Waals surface area contributed by atoms with Gasteiger partial charge in [-0.25, -0.2) is 0 Å². The monoisotopic (exact) mass is 298 g/mol. The van der Waals surface area contributed by atoms with E-state index in [9.17, 15) is 4.79 Å². The van der Waals surface area contributed by atoms with Crippen LogP contribution in [0.5, 0.6) is 0 Å². The van der Waals surface area contributed by atoms with Gasteiger partial charge in [0.05, 0.1) is 12.5 Å². The SMILES string of the molecule is CCOC(=O)C(C)C1c2ccccc2Sc2ccccc21. The first-order valence-corrected chi connectivity index (χ1v) is 8.06. The van der Waals surface area contributed by atoms with E-state index in [1.54, 1.807) is 11.8 Å². The van der Waals surface area contributed by atoms with Gasteiger partial charge >= 0.3 is 5.97 Å². The molecule has 0 spiro atoms. The van der Waals surface area contributed by atoms with Crippen LogP contribution in [0.3, 0.4) is 0 Å². The molecule has 3 rings (SSSR count). The predicted octanol–water partition coefficient (Wildman–Crippen LogP) is 4.48. The van der Waals surface area contributed by atoms with E-state index in [1.807, 2.05) is 38.1 Å². The summed E-state index contributed by atoms with van der Waals surface area (Å²) in [7, 11) is 0. The Balaban J connectivity index is 2.08. The zero-order valence-electron chi connectivity index (χ0n) is 12.2. The molecule has 1 unspecified atom stereocenters. The molecule has 1 heterocycles. The van der Waals surface area contributed by atoms with Crippen LogP contribution in [0.2, 0.25) is 0 Å². The summed E-state index contributed by atoms with van der Waals surface area (Å²) in [5.41, 5.74) is 2.45. The largest absolute Gasteiger partial charge is 0.466 e. The average molecular weight is 298 g/mol. The number of rotatable bonds is 3. The van der Waals surface area contributed by atoms with E-state index in [0.717, 1.165) is 0 Å². The Bertz CT molecular complexity index is 620. The van der Waals surface area contributed by atoms with Crippen molar-refractivity contribution in [2.75, 3.05) is 6.61 Å². The molecule has 1 atom stereocenters. The highest BCUT2D eigenvalue weighted by atomic mass is 32.2. The molecule has 0 radical (unpaired) electrons. The summed E-state index contributed by atoms with van der Waals surface area (Å²) >= 11 is 1.78. The molecule has 0 fully saturated rings. The number of esters is 1. The lowest BCUT2D eigenvalue weighted by atomic mass is 9.81. The summed E-state index contributed by atoms with van der Waals surface area (Å²) in [6.07, 6.45) is 0. The third kappa shape index (κ3) is 2.58. The molecular formula is C18H18O2S. The Hall–Kier alpha value is -1.74. The van der Waals surface area contributed by atoms with Gasteiger partial charge in [0.2, 0.25) is 0 Å². The summed E-state index contributed by atoms with van der Waals surface area (Å²) in [6, 6.07) is 16.7. The lowest BCUT2D eigenvalue weighted by Gasteiger charge is -2.31. The molecule has 0 saturated carbocycles. The highest BCUT2D eigenvalue weighted by Gasteiger charge is 2.34. The highest BCUT2D eigenvalue weighted by molar-refractivity contribution is 7.99. The average Bonchev–Trinajstić information content (AvgIpc) is 2.52. The summed E-state index contributed by atoms with van der Waals surface area (Å²) in [4.78, 5) is 14.7. The van der Waals surface area contributed by atoms with Gasteiger partial charge < -0.3 is 4.74 Å². The fourth-order valence-corrected chi connectivity index (χ4v) is 4.05. The van der Waals surface area contributed by atoms with E-state index in [-0.39, 0.29) is 17.8 Å². The summed E-state index contributed by atoms with van der Waals surface area (Å²) in [5, 5.41) is 0. The second-order valence-electron chi connectivity index (χ2n) is 5.20. The molecule has 3 heteroatoms. The molecule has 1 aliphatic heterocycles. The number of hydrogen-bond donors (Lipinski definition) is 0. The molecule has 0 aromatic heterocycles. The Labute approximate surface area is 129 Å². The molecule has 1 aliphatic rings. The maximum absolute atomic E-state index is 12.2. The lowest BCUT2D eigenvalue weighted by molar-refractivity contribution is -0.147. The van der Waals surface area contributed by atoms with Crippen LogP contribution in [0.15, 0.2) is 58.3 Å². The number of carbonyl (C=O) groups excluding carboxylic acids is 1. The predicted molar refractivity (Wildman–Crippen MR) is 84.6 cm³/mol. The number of ether oxygens (including phenoxy) is 1. The molecular weight excluding hydrogens is 280 g/mol. The fraction of sp³-hybridized carbons (Fsp3) is 0.278. The van der Waals surface area contributed by atoms with Crippen molar-refractivity contribution in [1.29, 1.82) is 0 Å². The summed E-state index contributed by atoms with van der Waals surface area (Å²) in [6.45, 7) is 4.24. The van der Waals surface area contributed by atoms with Gasteiger partial charge in [-0.1, -0.05) is 55.1 Å². The van der Waals surface area contributed by atoms with Crippen LogP contribution in [-0.4, -0.2) is 12.6 Å². The van der Waals surface area contributed by atoms with Crippen LogP contribution in [0.25, 0.3) is 0 Å². The van der Waals surface area contributed by atoms with Gasteiger partial charge in [0, 0.05) is 15.7 Å². The number of benzene rings is 2. The van der Waals surface area contributed by atoms with Crippen molar-refractivity contribution in [2.45, 2.75) is 29.6 Å². The van der Waals surface area contributed by atoms with E-state index in [0.29, 0.717) is 6.61 Å². The van der Waals surface area contributed by atoms with Gasteiger partial charge in [-0.05, 0) is 30.2 Å². The minimum Gasteiger partial charge on any atom is -0.466 e. The van der Waals surface area contributed by atoms with Gasteiger partial charge in [-0.3, -0.25) is 4.79 Å². The molecule has 0 amide bonds. The molecule has 2 aromatic rings. The summed E-state index contributed by atoms with van der Waals surface area (Å²) in [5.74, 6) is -0.246. The maximum Gasteiger partial charge on any atom is 0.309 e. The maximum atomic E-state index is 12.2. The second kappa shape index (κ2) is 5.94. The van der Waals surface area contributed by atoms with E-state index >= 15 is 0 Å². The van der Waals surface area contributed by atoms with E-state index < -0.39 is 0 Å². The normalized spacial score (nSPS) is 15.0. The van der Waals surface area contributed by atoms with E-state index in [4.69, 9.17) is 4.74 Å². The first-order chi connectivity index (χ1) is 10.2. The minimum atomic E-state index is -0.187. The van der Waals surface area contributed by atoms with Gasteiger partial charge in [-0.15, -0.1) is 0 Å². The molecule has 2 nitrogen and oxygen atoms in total. The van der Waals surface area contributed by atoms with Crippen molar-refractivity contribution >= 4 is 17.7 Å². The molecule has 21 heavy (non-hydrogen) atoms. The van der Waals surface area contributed by atoms with Crippen molar-refractivity contribution < 1.29 is 9.53 Å². The minimum absolute atomic E-state index is 0.0673. The molecule has 108 valence electrons. The van der Waals surface area contributed by atoms with E-state index in [1.165, 1.54) is 20.9 Å². The first-order valence-electron chi connectivity index (χ1n) is 7.24. The van der Waals surface area contributed by atoms with Crippen molar-refractivity contribution in [3.63, 3.8) is 0 Å². The van der Waals surface area contributed by atoms with Gasteiger partial charge in [0.15, 0.2) is 0 Å². The highest BCUT2D eigenvalue weighted by Crippen LogP contribution is 2.48. The third-order valence-electron chi connectivity index (χ3n) is 3.89. The number of hydrogen-bond acceptors (Lipinski definition) is 3. The lowest BCUT2D eigenvalue weighted by Crippen LogP contribution is -2.25. The van der Waals surface area contributed by atoms with Crippen molar-refractivity contribution in [1.82, 2.24) is 0 Å². The van der Waals surface area contributed by atoms with Crippen LogP contribution in [0.4, 0.5) is 0 Å². The Kier molecular flexibility index (Phi) is 4.02. The molecule has 0 N–H and O–H groups in total. The van der Waals surface area contributed by atoms with Crippen LogP contribution in [0, 0.1) is 5.92 Å². The second-order valence-corrected chi connectivity index (χ2v) is 6.28. The summed E-state index contributed by atoms with van der Waals surface area (Å²) < 4.78 is 5.24. The Morgan fingerprint density at radius 1 is 1.10 bits per heavy atom. The zero-order chi connectivity index (χ0) is 14.8. The number of fused-ring (bicyclic) bond motifs is 2. The Morgan fingerprint density at radius 3 is 2.14 bits per heavy atom. The van der Waals surface area contributed by atoms with E-state index in [2.05, 4.69) is 24.3 Å². The fourth-order valence-electron chi connectivity index (χ4n) is 2.90. The van der Waals surface area contributed by atoms with Gasteiger partial charge in [-0.2, -0.15) is 0 Å². The van der Waals surface area contributed by atoms with Crippen molar-refractivity contribution in [3.8, 4) is 0 Å². The molecule has 2 aromatic carbocycles. The first kappa shape index (κ1) is 14.2. The topological polar surface area (TPSA) is 26.3 Å². The smallest absolute Gasteiger partial charge is 0.309 e. The molecule has 0 aliphatic carbocycles. The molecule has 0 bridgehead atoms.